The van der Waals surface area contributed by atoms with Gasteiger partial charge in [-0.25, -0.2) is 9.97 Å². The van der Waals surface area contributed by atoms with Crippen molar-refractivity contribution >= 4 is 104 Å². The molecule has 6 heterocycles. The van der Waals surface area contributed by atoms with Crippen LogP contribution in [-0.4, -0.2) is 24.3 Å². The molecule has 9 aromatic carbocycles. The van der Waals surface area contributed by atoms with Gasteiger partial charge in [0.15, 0.2) is 0 Å². The Balaban J connectivity index is 0.782. The summed E-state index contributed by atoms with van der Waals surface area (Å²) in [5, 5.41) is 16.2. The highest BCUT2D eigenvalue weighted by Crippen LogP contribution is 2.51. The van der Waals surface area contributed by atoms with Gasteiger partial charge >= 0.3 is 0 Å². The number of para-hydroxylation sites is 1. The van der Waals surface area contributed by atoms with Crippen LogP contribution in [-0.2, 0) is 12.8 Å². The summed E-state index contributed by atoms with van der Waals surface area (Å²) >= 11 is 0. The number of aromatic nitrogens is 5. The molecule has 0 aliphatic heterocycles. The quantitative estimate of drug-likeness (QED) is 0.165. The van der Waals surface area contributed by atoms with E-state index in [1.807, 2.05) is 24.5 Å². The fraction of sp³-hybridized carbons (Fsp3) is 0.0556. The highest BCUT2D eigenvalue weighted by molar-refractivity contribution is 6.36. The molecule has 3 aliphatic carbocycles. The maximum absolute atomic E-state index is 5.42. The van der Waals surface area contributed by atoms with E-state index in [1.165, 1.54) is 109 Å². The minimum atomic E-state index is 0.138. The van der Waals surface area contributed by atoms with Crippen molar-refractivity contribution in [2.75, 3.05) is 0 Å². The molecular weight excluding hydrogens is 935 g/mol. The summed E-state index contributed by atoms with van der Waals surface area (Å²) in [6.45, 7) is 0. The molecule has 2 atom stereocenters. The van der Waals surface area contributed by atoms with Gasteiger partial charge < -0.3 is 4.40 Å². The zero-order chi connectivity index (χ0) is 50.0. The third-order valence-electron chi connectivity index (χ3n) is 17.6. The molecular formula is C72H43N5. The predicted octanol–water partition coefficient (Wildman–Crippen LogP) is 17.9. The molecule has 2 unspecified atom stereocenters. The standard InChI is InChI=1S/C72H43N5/c1-2-10-54(59-29-24-44-17-15-42-7-5-33-73-69(42)71(44)75-59)52(9-1)53-26-21-40-13-19-46-35-49(37-48-23-27-56(53)66(40)64(46)48)50-36-47-20-14-41-22-28-57-62-31-32-63(60-30-25-45-18-16-43-8-6-34-74-70(43)72(45)76-60)77(62)61-12-4-3-11-55(61)58-39-51(38-50)65(47)67(41)68(57)58/h1-15,17,19-39,53,56H,16,18H2. The van der Waals surface area contributed by atoms with Gasteiger partial charge in [-0.05, 0) is 173 Å². The largest absolute Gasteiger partial charge is 0.307 e. The monoisotopic (exact) mass is 977 g/mol. The van der Waals surface area contributed by atoms with Crippen LogP contribution in [0.4, 0.5) is 0 Å². The Morgan fingerprint density at radius 2 is 1.12 bits per heavy atom. The molecule has 18 rings (SSSR count). The van der Waals surface area contributed by atoms with Gasteiger partial charge in [0.2, 0.25) is 0 Å². The fourth-order valence-corrected chi connectivity index (χ4v) is 14.2. The number of aryl methyl sites for hydroxylation is 2. The summed E-state index contributed by atoms with van der Waals surface area (Å²) in [6.07, 6.45) is 15.3. The molecule has 0 bridgehead atoms. The Labute approximate surface area is 442 Å². The third kappa shape index (κ3) is 5.83. The molecule has 0 spiro atoms. The lowest BCUT2D eigenvalue weighted by atomic mass is 9.70. The van der Waals surface area contributed by atoms with E-state index in [1.54, 1.807) is 0 Å². The van der Waals surface area contributed by atoms with Crippen LogP contribution >= 0.6 is 0 Å². The van der Waals surface area contributed by atoms with Gasteiger partial charge in [-0.15, -0.1) is 0 Å². The minimum absolute atomic E-state index is 0.138. The Kier molecular flexibility index (Phi) is 8.29. The van der Waals surface area contributed by atoms with Crippen LogP contribution < -0.4 is 0 Å². The molecule has 0 fully saturated rings. The number of rotatable bonds is 4. The zero-order valence-electron chi connectivity index (χ0n) is 41.7. The summed E-state index contributed by atoms with van der Waals surface area (Å²) in [6, 6.07) is 70.1. The first-order chi connectivity index (χ1) is 38.1. The van der Waals surface area contributed by atoms with Crippen LogP contribution in [0.3, 0.4) is 0 Å². The van der Waals surface area contributed by atoms with Crippen molar-refractivity contribution in [3.8, 4) is 45.2 Å². The van der Waals surface area contributed by atoms with Crippen LogP contribution in [0.2, 0.25) is 0 Å². The first kappa shape index (κ1) is 41.5. The SMILES string of the molecule is C1=CC(c2ccccc2-c2ccc3ccc4cccnc4c3n2)C2C=Cc3cc(-c4cc5ccc6ccc7c8c(cc(c4)c5c68)c4ccccc4n4c(-c5ccc6c(n5)-c5ncccc5CC6)ccc74)cc4ccc1c2c34. The molecule has 5 heteroatoms. The summed E-state index contributed by atoms with van der Waals surface area (Å²) < 4.78 is 2.45. The first-order valence-corrected chi connectivity index (χ1v) is 26.9. The van der Waals surface area contributed by atoms with E-state index < -0.39 is 0 Å². The molecule has 3 aliphatic rings. The Hall–Kier alpha value is -9.84. The topological polar surface area (TPSA) is 56.0 Å². The highest BCUT2D eigenvalue weighted by Gasteiger charge is 2.32. The summed E-state index contributed by atoms with van der Waals surface area (Å²) in [5.41, 5.74) is 20.6. The molecule has 0 saturated carbocycles. The molecule has 356 valence electrons. The maximum atomic E-state index is 5.42. The lowest BCUT2D eigenvalue weighted by Crippen LogP contribution is -2.16. The number of nitrogens with zero attached hydrogens (tertiary/aromatic N) is 5. The molecule has 0 radical (unpaired) electrons. The number of hydrogen-bond donors (Lipinski definition) is 0. The summed E-state index contributed by atoms with van der Waals surface area (Å²) in [7, 11) is 0. The number of fused-ring (bicyclic) bond motifs is 11. The van der Waals surface area contributed by atoms with Gasteiger partial charge in [-0.2, -0.15) is 0 Å². The van der Waals surface area contributed by atoms with Gasteiger partial charge in [0.1, 0.15) is 0 Å². The average molecular weight is 978 g/mol. The number of pyridine rings is 4. The van der Waals surface area contributed by atoms with Crippen LogP contribution in [0.5, 0.6) is 0 Å². The zero-order valence-corrected chi connectivity index (χ0v) is 41.7. The van der Waals surface area contributed by atoms with E-state index >= 15 is 0 Å². The highest BCUT2D eigenvalue weighted by atomic mass is 14.9. The van der Waals surface area contributed by atoms with Crippen molar-refractivity contribution in [3.05, 3.63) is 246 Å². The first-order valence-electron chi connectivity index (χ1n) is 26.9. The van der Waals surface area contributed by atoms with Crippen molar-refractivity contribution < 1.29 is 0 Å². The van der Waals surface area contributed by atoms with E-state index in [-0.39, 0.29) is 11.8 Å². The molecule has 15 aromatic rings. The van der Waals surface area contributed by atoms with E-state index in [0.29, 0.717) is 0 Å². The Morgan fingerprint density at radius 1 is 0.403 bits per heavy atom. The second kappa shape index (κ2) is 15.4. The van der Waals surface area contributed by atoms with Crippen LogP contribution in [0, 0.1) is 0 Å². The van der Waals surface area contributed by atoms with E-state index in [4.69, 9.17) is 19.9 Å². The predicted molar refractivity (Wildman–Crippen MR) is 319 cm³/mol. The van der Waals surface area contributed by atoms with Crippen molar-refractivity contribution in [1.82, 2.24) is 24.3 Å². The number of benzene rings is 9. The van der Waals surface area contributed by atoms with Crippen molar-refractivity contribution in [2.24, 2.45) is 0 Å². The van der Waals surface area contributed by atoms with Crippen molar-refractivity contribution in [3.63, 3.8) is 0 Å². The van der Waals surface area contributed by atoms with Gasteiger partial charge in [0.05, 0.1) is 50.5 Å². The van der Waals surface area contributed by atoms with Gasteiger partial charge in [0.25, 0.3) is 0 Å². The lowest BCUT2D eigenvalue weighted by Gasteiger charge is -2.33. The summed E-state index contributed by atoms with van der Waals surface area (Å²) in [4.78, 5) is 20.3. The second-order valence-electron chi connectivity index (χ2n) is 21.5. The minimum Gasteiger partial charge on any atom is -0.307 e. The normalized spacial score (nSPS) is 15.6. The number of allylic oxidation sites excluding steroid dienone is 2. The second-order valence-corrected chi connectivity index (χ2v) is 21.5. The molecule has 77 heavy (non-hydrogen) atoms. The molecule has 5 nitrogen and oxygen atoms in total. The van der Waals surface area contributed by atoms with Crippen LogP contribution in [0.15, 0.2) is 213 Å². The van der Waals surface area contributed by atoms with Crippen LogP contribution in [0.1, 0.15) is 45.2 Å². The molecule has 0 amide bonds. The Morgan fingerprint density at radius 3 is 2.08 bits per heavy atom. The van der Waals surface area contributed by atoms with E-state index in [2.05, 4.69) is 205 Å². The average Bonchev–Trinajstić information content (AvgIpc) is 4.01. The smallest absolute Gasteiger partial charge is 0.0972 e. The maximum Gasteiger partial charge on any atom is 0.0972 e. The Bertz CT molecular complexity index is 5190. The van der Waals surface area contributed by atoms with Gasteiger partial charge in [0, 0.05) is 56.7 Å². The third-order valence-corrected chi connectivity index (χ3v) is 17.6. The number of hydrogen-bond acceptors (Lipinski definition) is 4. The van der Waals surface area contributed by atoms with Crippen LogP contribution in [0.25, 0.3) is 149 Å². The fourth-order valence-electron chi connectivity index (χ4n) is 14.2. The lowest BCUT2D eigenvalue weighted by molar-refractivity contribution is 0.736. The van der Waals surface area contributed by atoms with Crippen molar-refractivity contribution in [2.45, 2.75) is 24.7 Å². The molecule has 6 aromatic heterocycles. The van der Waals surface area contributed by atoms with Gasteiger partial charge in [-0.1, -0.05) is 140 Å². The van der Waals surface area contributed by atoms with Gasteiger partial charge in [-0.3, -0.25) is 9.97 Å². The van der Waals surface area contributed by atoms with E-state index in [9.17, 15) is 0 Å². The van der Waals surface area contributed by atoms with E-state index in [0.717, 1.165) is 74.2 Å². The van der Waals surface area contributed by atoms with Crippen molar-refractivity contribution in [1.29, 1.82) is 0 Å². The molecule has 0 saturated heterocycles. The molecule has 0 N–H and O–H groups in total. The summed E-state index contributed by atoms with van der Waals surface area (Å²) in [5.74, 6) is 0.314.